The van der Waals surface area contributed by atoms with E-state index in [9.17, 15) is 4.79 Å². The predicted octanol–water partition coefficient (Wildman–Crippen LogP) is 4.28. The first-order valence-corrected chi connectivity index (χ1v) is 9.57. The molecule has 0 spiro atoms. The van der Waals surface area contributed by atoms with Crippen LogP contribution in [-0.2, 0) is 9.47 Å². The highest BCUT2D eigenvalue weighted by molar-refractivity contribution is 5.94. The van der Waals surface area contributed by atoms with Gasteiger partial charge in [-0.15, -0.1) is 0 Å². The second kappa shape index (κ2) is 10.5. The molecule has 0 radical (unpaired) electrons. The Kier molecular flexibility index (Phi) is 8.39. The molecule has 1 aliphatic rings. The summed E-state index contributed by atoms with van der Waals surface area (Å²) in [5.41, 5.74) is 0.915. The van der Waals surface area contributed by atoms with Gasteiger partial charge in [0.2, 0.25) is 0 Å². The number of methoxy groups -OCH3 is 1. The summed E-state index contributed by atoms with van der Waals surface area (Å²) in [4.78, 5) is 11.4. The van der Waals surface area contributed by atoms with E-state index in [0.717, 1.165) is 58.5 Å². The zero-order valence-electron chi connectivity index (χ0n) is 16.3. The first-order valence-electron chi connectivity index (χ1n) is 9.57. The molecule has 1 aliphatic heterocycles. The fourth-order valence-electron chi connectivity index (χ4n) is 2.92. The highest BCUT2D eigenvalue weighted by atomic mass is 16.5. The van der Waals surface area contributed by atoms with Gasteiger partial charge < -0.3 is 18.9 Å². The number of benzene rings is 1. The van der Waals surface area contributed by atoms with Gasteiger partial charge in [0.15, 0.2) is 17.3 Å². The zero-order chi connectivity index (χ0) is 18.8. The summed E-state index contributed by atoms with van der Waals surface area (Å²) in [6.45, 7) is 7.73. The Morgan fingerprint density at radius 2 is 1.85 bits per heavy atom. The van der Waals surface area contributed by atoms with E-state index in [1.54, 1.807) is 32.2 Å². The van der Waals surface area contributed by atoms with Crippen molar-refractivity contribution in [2.45, 2.75) is 46.0 Å². The van der Waals surface area contributed by atoms with E-state index < -0.39 is 0 Å². The molecule has 2 rings (SSSR count). The predicted molar refractivity (Wildman–Crippen MR) is 101 cm³/mol. The topological polar surface area (TPSA) is 54.0 Å². The Bertz CT molecular complexity index is 560. The molecule has 5 heteroatoms. The molecule has 0 unspecified atom stereocenters. The fraction of sp³-hybridized carbons (Fsp3) is 0.667. The normalized spacial score (nSPS) is 15.3. The zero-order valence-corrected chi connectivity index (χ0v) is 16.3. The van der Waals surface area contributed by atoms with E-state index in [0.29, 0.717) is 23.7 Å². The second-order valence-electron chi connectivity index (χ2n) is 7.08. The number of unbranched alkanes of at least 4 members (excludes halogenated alkanes) is 3. The van der Waals surface area contributed by atoms with Crippen LogP contribution in [0, 0.1) is 5.41 Å². The number of ketones is 1. The summed E-state index contributed by atoms with van der Waals surface area (Å²) >= 11 is 0. The van der Waals surface area contributed by atoms with Crippen LogP contribution >= 0.6 is 0 Å². The molecule has 26 heavy (non-hydrogen) atoms. The largest absolute Gasteiger partial charge is 0.493 e. The average molecular weight is 364 g/mol. The van der Waals surface area contributed by atoms with Gasteiger partial charge in [-0.25, -0.2) is 0 Å². The van der Waals surface area contributed by atoms with Crippen LogP contribution in [0.25, 0.3) is 0 Å². The second-order valence-corrected chi connectivity index (χ2v) is 7.08. The molecule has 0 bridgehead atoms. The van der Waals surface area contributed by atoms with Crippen LogP contribution in [0.3, 0.4) is 0 Å². The van der Waals surface area contributed by atoms with Crippen LogP contribution in [0.2, 0.25) is 0 Å². The van der Waals surface area contributed by atoms with Gasteiger partial charge in [0.1, 0.15) is 0 Å². The lowest BCUT2D eigenvalue weighted by atomic mass is 9.84. The molecule has 146 valence electrons. The minimum absolute atomic E-state index is 0.0201. The SMILES string of the molecule is CCC1(COCCCCCCOc2ccc(C(C)=O)cc2OC)COC1. The molecule has 1 heterocycles. The van der Waals surface area contributed by atoms with Gasteiger partial charge >= 0.3 is 0 Å². The standard InChI is InChI=1S/C21H32O5/c1-4-21(15-25-16-21)14-24-11-7-5-6-8-12-26-19-10-9-18(17(2)22)13-20(19)23-3/h9-10,13H,4-8,11-12,14-16H2,1-3H3. The highest BCUT2D eigenvalue weighted by Gasteiger charge is 2.36. The van der Waals surface area contributed by atoms with Crippen molar-refractivity contribution in [3.63, 3.8) is 0 Å². The fourth-order valence-corrected chi connectivity index (χ4v) is 2.92. The van der Waals surface area contributed by atoms with E-state index in [1.807, 2.05) is 0 Å². The minimum atomic E-state index is 0.0201. The van der Waals surface area contributed by atoms with Gasteiger partial charge in [-0.2, -0.15) is 0 Å². The molecule has 0 N–H and O–H groups in total. The summed E-state index contributed by atoms with van der Waals surface area (Å²) in [5, 5.41) is 0. The molecule has 1 saturated heterocycles. The van der Waals surface area contributed by atoms with Gasteiger partial charge in [0.25, 0.3) is 0 Å². The molecule has 1 aromatic rings. The Morgan fingerprint density at radius 3 is 2.42 bits per heavy atom. The molecule has 0 aliphatic carbocycles. The number of rotatable bonds is 13. The van der Waals surface area contributed by atoms with Crippen molar-refractivity contribution < 1.29 is 23.7 Å². The summed E-state index contributed by atoms with van der Waals surface area (Å²) in [7, 11) is 1.59. The first kappa shape index (κ1) is 20.7. The molecule has 5 nitrogen and oxygen atoms in total. The van der Waals surface area contributed by atoms with E-state index in [1.165, 1.54) is 0 Å². The lowest BCUT2D eigenvalue weighted by Gasteiger charge is -2.40. The summed E-state index contributed by atoms with van der Waals surface area (Å²) in [6, 6.07) is 5.30. The Labute approximate surface area is 157 Å². The van der Waals surface area contributed by atoms with Crippen molar-refractivity contribution in [1.82, 2.24) is 0 Å². The molecular formula is C21H32O5. The average Bonchev–Trinajstić information content (AvgIpc) is 2.62. The number of carbonyl (C=O) groups excluding carboxylic acids is 1. The number of carbonyl (C=O) groups is 1. The number of hydrogen-bond donors (Lipinski definition) is 0. The van der Waals surface area contributed by atoms with Crippen LogP contribution in [0.15, 0.2) is 18.2 Å². The third-order valence-electron chi connectivity index (χ3n) is 4.99. The van der Waals surface area contributed by atoms with Gasteiger partial charge in [-0.05, 0) is 50.8 Å². The Balaban J connectivity index is 1.54. The first-order chi connectivity index (χ1) is 12.6. The molecule has 1 aromatic carbocycles. The van der Waals surface area contributed by atoms with Crippen molar-refractivity contribution in [3.8, 4) is 11.5 Å². The van der Waals surface area contributed by atoms with Gasteiger partial charge in [0.05, 0.1) is 33.5 Å². The van der Waals surface area contributed by atoms with E-state index in [-0.39, 0.29) is 11.2 Å². The van der Waals surface area contributed by atoms with Crippen LogP contribution in [0.1, 0.15) is 56.3 Å². The van der Waals surface area contributed by atoms with Crippen molar-refractivity contribution in [2.75, 3.05) is 40.1 Å². The van der Waals surface area contributed by atoms with Crippen LogP contribution in [0.4, 0.5) is 0 Å². The third-order valence-corrected chi connectivity index (χ3v) is 4.99. The van der Waals surface area contributed by atoms with Gasteiger partial charge in [-0.3, -0.25) is 4.79 Å². The Morgan fingerprint density at radius 1 is 1.12 bits per heavy atom. The minimum Gasteiger partial charge on any atom is -0.493 e. The van der Waals surface area contributed by atoms with Crippen LogP contribution in [-0.4, -0.2) is 45.9 Å². The molecule has 0 saturated carbocycles. The lowest BCUT2D eigenvalue weighted by Crippen LogP contribution is -2.45. The number of Topliss-reactive ketones (excluding diaryl/α,β-unsaturated/α-hetero) is 1. The third kappa shape index (κ3) is 5.99. The van der Waals surface area contributed by atoms with Crippen molar-refractivity contribution in [2.24, 2.45) is 5.41 Å². The van der Waals surface area contributed by atoms with Crippen molar-refractivity contribution >= 4 is 5.78 Å². The lowest BCUT2D eigenvalue weighted by molar-refractivity contribution is -0.150. The van der Waals surface area contributed by atoms with Crippen LogP contribution in [0.5, 0.6) is 11.5 Å². The number of hydrogen-bond acceptors (Lipinski definition) is 5. The van der Waals surface area contributed by atoms with Gasteiger partial charge in [0, 0.05) is 17.6 Å². The smallest absolute Gasteiger partial charge is 0.161 e. The molecule has 0 amide bonds. The molecule has 0 atom stereocenters. The van der Waals surface area contributed by atoms with E-state index in [4.69, 9.17) is 18.9 Å². The highest BCUT2D eigenvalue weighted by Crippen LogP contribution is 2.31. The molecular weight excluding hydrogens is 332 g/mol. The summed E-state index contributed by atoms with van der Waals surface area (Å²) in [5.74, 6) is 1.32. The quantitative estimate of drug-likeness (QED) is 0.386. The summed E-state index contributed by atoms with van der Waals surface area (Å²) < 4.78 is 22.2. The summed E-state index contributed by atoms with van der Waals surface area (Å²) in [6.07, 6.45) is 5.45. The maximum Gasteiger partial charge on any atom is 0.161 e. The molecule has 1 fully saturated rings. The maximum absolute atomic E-state index is 11.4. The van der Waals surface area contributed by atoms with Crippen LogP contribution < -0.4 is 9.47 Å². The van der Waals surface area contributed by atoms with Crippen molar-refractivity contribution in [1.29, 1.82) is 0 Å². The van der Waals surface area contributed by atoms with Crippen molar-refractivity contribution in [3.05, 3.63) is 23.8 Å². The Hall–Kier alpha value is -1.59. The van der Waals surface area contributed by atoms with Gasteiger partial charge in [-0.1, -0.05) is 13.3 Å². The van der Waals surface area contributed by atoms with E-state index in [2.05, 4.69) is 6.92 Å². The van der Waals surface area contributed by atoms with E-state index >= 15 is 0 Å². The number of ether oxygens (including phenoxy) is 4. The monoisotopic (exact) mass is 364 g/mol. The maximum atomic E-state index is 11.4. The molecule has 0 aromatic heterocycles.